The lowest BCUT2D eigenvalue weighted by atomic mass is 9.83. The normalized spacial score (nSPS) is 11.6. The Balaban J connectivity index is 2.64. The molecule has 0 fully saturated rings. The van der Waals surface area contributed by atoms with E-state index in [1.54, 1.807) is 0 Å². The van der Waals surface area contributed by atoms with E-state index in [1.165, 1.54) is 12.0 Å². The van der Waals surface area contributed by atoms with Crippen LogP contribution in [-0.2, 0) is 6.42 Å². The highest BCUT2D eigenvalue weighted by atomic mass is 14.2. The molecule has 0 aliphatic rings. The van der Waals surface area contributed by atoms with Gasteiger partial charge in [0.25, 0.3) is 0 Å². The van der Waals surface area contributed by atoms with Crippen molar-refractivity contribution in [2.75, 3.05) is 0 Å². The quantitative estimate of drug-likeness (QED) is 0.636. The fourth-order valence-corrected chi connectivity index (χ4v) is 1.22. The van der Waals surface area contributed by atoms with E-state index < -0.39 is 0 Å². The van der Waals surface area contributed by atoms with Gasteiger partial charge in [0, 0.05) is 0 Å². The number of hydrogen-bond acceptors (Lipinski definition) is 0. The molecule has 0 N–H and O–H groups in total. The summed E-state index contributed by atoms with van der Waals surface area (Å²) in [4.78, 5) is 0. The van der Waals surface area contributed by atoms with Crippen LogP contribution in [0, 0.1) is 11.5 Å². The summed E-state index contributed by atoms with van der Waals surface area (Å²) in [6.45, 7) is 6.86. The summed E-state index contributed by atoms with van der Waals surface area (Å²) in [6, 6.07) is 11.3. The second-order valence-corrected chi connectivity index (χ2v) is 4.10. The van der Waals surface area contributed by atoms with Gasteiger partial charge in [0.05, 0.1) is 0 Å². The zero-order valence-corrected chi connectivity index (χ0v) is 8.22. The third kappa shape index (κ3) is 2.69. The Morgan fingerprint density at radius 2 is 1.83 bits per heavy atom. The molecule has 0 atom stereocenters. The first-order valence-electron chi connectivity index (χ1n) is 4.59. The average Bonchev–Trinajstić information content (AvgIpc) is 2.06. The van der Waals surface area contributed by atoms with Gasteiger partial charge < -0.3 is 0 Å². The van der Waals surface area contributed by atoms with Gasteiger partial charge >= 0.3 is 0 Å². The maximum atomic E-state index is 3.04. The van der Waals surface area contributed by atoms with Crippen LogP contribution < -0.4 is 0 Å². The molecule has 0 aromatic heterocycles. The number of rotatable bonds is 3. The van der Waals surface area contributed by atoms with Gasteiger partial charge in [-0.1, -0.05) is 51.5 Å². The van der Waals surface area contributed by atoms with Crippen LogP contribution in [0.15, 0.2) is 24.3 Å². The Bertz CT molecular complexity index is 221. The Hall–Kier alpha value is -0.780. The largest absolute Gasteiger partial charge is 0.0649 e. The summed E-state index contributed by atoms with van der Waals surface area (Å²) in [5.41, 5.74) is 1.85. The SMILES string of the molecule is CCC(C)(C)Cc1cc[c]cc1. The van der Waals surface area contributed by atoms with Gasteiger partial charge in [-0.3, -0.25) is 0 Å². The van der Waals surface area contributed by atoms with Gasteiger partial charge in [-0.05, 0) is 23.5 Å². The highest BCUT2D eigenvalue weighted by molar-refractivity contribution is 5.15. The first-order chi connectivity index (χ1) is 5.64. The van der Waals surface area contributed by atoms with E-state index in [1.807, 2.05) is 12.1 Å². The van der Waals surface area contributed by atoms with Crippen LogP contribution in [-0.4, -0.2) is 0 Å². The summed E-state index contributed by atoms with van der Waals surface area (Å²) in [5, 5.41) is 0. The lowest BCUT2D eigenvalue weighted by Gasteiger charge is -2.22. The van der Waals surface area contributed by atoms with Crippen molar-refractivity contribution < 1.29 is 0 Å². The topological polar surface area (TPSA) is 0 Å². The van der Waals surface area contributed by atoms with E-state index in [0.29, 0.717) is 5.41 Å². The maximum absolute atomic E-state index is 3.04. The fourth-order valence-electron chi connectivity index (χ4n) is 1.22. The molecule has 0 saturated heterocycles. The van der Waals surface area contributed by atoms with Crippen molar-refractivity contribution in [2.45, 2.75) is 33.6 Å². The minimum atomic E-state index is 0.432. The van der Waals surface area contributed by atoms with Gasteiger partial charge in [-0.2, -0.15) is 0 Å². The highest BCUT2D eigenvalue weighted by Gasteiger charge is 2.14. The zero-order valence-electron chi connectivity index (χ0n) is 8.22. The Morgan fingerprint density at radius 3 is 2.33 bits per heavy atom. The average molecular weight is 161 g/mol. The van der Waals surface area contributed by atoms with Crippen LogP contribution in [0.4, 0.5) is 0 Å². The molecule has 1 aromatic carbocycles. The fraction of sp³-hybridized carbons (Fsp3) is 0.500. The molecular weight excluding hydrogens is 144 g/mol. The van der Waals surface area contributed by atoms with E-state index in [2.05, 4.69) is 39.0 Å². The van der Waals surface area contributed by atoms with Crippen LogP contribution in [0.3, 0.4) is 0 Å². The number of benzene rings is 1. The van der Waals surface area contributed by atoms with Crippen LogP contribution >= 0.6 is 0 Å². The summed E-state index contributed by atoms with van der Waals surface area (Å²) < 4.78 is 0. The molecule has 0 aliphatic heterocycles. The molecule has 0 aliphatic carbocycles. The second kappa shape index (κ2) is 3.75. The predicted octanol–water partition coefficient (Wildman–Crippen LogP) is 3.47. The summed E-state index contributed by atoms with van der Waals surface area (Å²) in [7, 11) is 0. The third-order valence-electron chi connectivity index (χ3n) is 2.43. The molecule has 0 spiro atoms. The molecule has 0 heteroatoms. The summed E-state index contributed by atoms with van der Waals surface area (Å²) in [5.74, 6) is 0. The highest BCUT2D eigenvalue weighted by Crippen LogP contribution is 2.24. The van der Waals surface area contributed by atoms with Gasteiger partial charge in [0.1, 0.15) is 0 Å². The minimum Gasteiger partial charge on any atom is -0.0649 e. The van der Waals surface area contributed by atoms with Crippen molar-refractivity contribution in [2.24, 2.45) is 5.41 Å². The standard InChI is InChI=1S/C12H17/c1-4-12(2,3)10-11-8-6-5-7-9-11/h6-9H,4,10H2,1-3H3. The van der Waals surface area contributed by atoms with Crippen LogP contribution in [0.25, 0.3) is 0 Å². The smallest absolute Gasteiger partial charge is 0.0184 e. The van der Waals surface area contributed by atoms with Crippen molar-refractivity contribution in [1.82, 2.24) is 0 Å². The molecule has 65 valence electrons. The van der Waals surface area contributed by atoms with Crippen molar-refractivity contribution in [3.05, 3.63) is 35.9 Å². The molecule has 0 nitrogen and oxygen atoms in total. The van der Waals surface area contributed by atoms with Gasteiger partial charge in [0.2, 0.25) is 0 Å². The lowest BCUT2D eigenvalue weighted by Crippen LogP contribution is -2.12. The summed E-state index contributed by atoms with van der Waals surface area (Å²) in [6.07, 6.45) is 2.39. The van der Waals surface area contributed by atoms with Crippen LogP contribution in [0.5, 0.6) is 0 Å². The molecular formula is C12H17. The Morgan fingerprint density at radius 1 is 1.25 bits per heavy atom. The van der Waals surface area contributed by atoms with Crippen LogP contribution in [0.2, 0.25) is 0 Å². The molecule has 0 amide bonds. The van der Waals surface area contributed by atoms with Crippen LogP contribution in [0.1, 0.15) is 32.8 Å². The monoisotopic (exact) mass is 161 g/mol. The van der Waals surface area contributed by atoms with E-state index in [4.69, 9.17) is 0 Å². The summed E-state index contributed by atoms with van der Waals surface area (Å²) >= 11 is 0. The number of hydrogen-bond donors (Lipinski definition) is 0. The molecule has 0 bridgehead atoms. The Kier molecular flexibility index (Phi) is 2.91. The molecule has 0 saturated carbocycles. The molecule has 0 unspecified atom stereocenters. The molecule has 1 radical (unpaired) electrons. The van der Waals surface area contributed by atoms with Gasteiger partial charge in [-0.15, -0.1) is 0 Å². The van der Waals surface area contributed by atoms with Crippen molar-refractivity contribution >= 4 is 0 Å². The van der Waals surface area contributed by atoms with E-state index in [-0.39, 0.29) is 0 Å². The predicted molar refractivity (Wildman–Crippen MR) is 53.1 cm³/mol. The van der Waals surface area contributed by atoms with Crippen molar-refractivity contribution in [1.29, 1.82) is 0 Å². The second-order valence-electron chi connectivity index (χ2n) is 4.10. The van der Waals surface area contributed by atoms with Crippen molar-refractivity contribution in [3.8, 4) is 0 Å². The van der Waals surface area contributed by atoms with E-state index in [9.17, 15) is 0 Å². The first-order valence-corrected chi connectivity index (χ1v) is 4.59. The van der Waals surface area contributed by atoms with E-state index in [0.717, 1.165) is 6.42 Å². The Labute approximate surface area is 75.6 Å². The van der Waals surface area contributed by atoms with Gasteiger partial charge in [-0.25, -0.2) is 0 Å². The zero-order chi connectivity index (χ0) is 9.03. The maximum Gasteiger partial charge on any atom is -0.0184 e. The first kappa shape index (κ1) is 9.31. The third-order valence-corrected chi connectivity index (χ3v) is 2.43. The lowest BCUT2D eigenvalue weighted by molar-refractivity contribution is 0.349. The van der Waals surface area contributed by atoms with Gasteiger partial charge in [0.15, 0.2) is 0 Å². The molecule has 1 aromatic rings. The molecule has 1 rings (SSSR count). The minimum absolute atomic E-state index is 0.432. The van der Waals surface area contributed by atoms with Crippen molar-refractivity contribution in [3.63, 3.8) is 0 Å². The molecule has 0 heterocycles. The molecule has 12 heavy (non-hydrogen) atoms. The van der Waals surface area contributed by atoms with E-state index >= 15 is 0 Å².